The van der Waals surface area contributed by atoms with Gasteiger partial charge in [-0.2, -0.15) is 0 Å². The molecule has 0 bridgehead atoms. The molecule has 7 heteroatoms. The van der Waals surface area contributed by atoms with Crippen LogP contribution in [0, 0.1) is 10.1 Å². The van der Waals surface area contributed by atoms with E-state index in [0.717, 1.165) is 56.3 Å². The van der Waals surface area contributed by atoms with Gasteiger partial charge in [-0.15, -0.1) is 0 Å². The van der Waals surface area contributed by atoms with E-state index in [2.05, 4.69) is 12.1 Å². The molecule has 0 spiro atoms. The topological polar surface area (TPSA) is 70.5 Å². The highest BCUT2D eigenvalue weighted by Crippen LogP contribution is 2.32. The van der Waals surface area contributed by atoms with Crippen molar-refractivity contribution in [3.05, 3.63) is 63.7 Å². The maximum absolute atomic E-state index is 10.7. The molecule has 0 aromatic heterocycles. The van der Waals surface area contributed by atoms with Crippen molar-refractivity contribution in [3.8, 4) is 11.5 Å². The predicted molar refractivity (Wildman–Crippen MR) is 94.5 cm³/mol. The van der Waals surface area contributed by atoms with E-state index in [0.29, 0.717) is 6.79 Å². The lowest BCUT2D eigenvalue weighted by atomic mass is 10.1. The second-order valence-corrected chi connectivity index (χ2v) is 6.96. The number of rotatable bonds is 5. The lowest BCUT2D eigenvalue weighted by Crippen LogP contribution is -3.27. The lowest BCUT2D eigenvalue weighted by Gasteiger charge is -2.29. The number of hydrogen-bond acceptors (Lipinski definition) is 4. The molecule has 26 heavy (non-hydrogen) atoms. The number of nitro benzene ring substituents is 1. The van der Waals surface area contributed by atoms with Gasteiger partial charge in [-0.05, 0) is 30.3 Å². The van der Waals surface area contributed by atoms with Gasteiger partial charge in [0.2, 0.25) is 6.79 Å². The molecule has 4 rings (SSSR count). The van der Waals surface area contributed by atoms with Gasteiger partial charge in [0, 0.05) is 23.3 Å². The molecular weight excluding hydrogens is 334 g/mol. The van der Waals surface area contributed by atoms with Crippen molar-refractivity contribution < 1.29 is 24.2 Å². The zero-order chi connectivity index (χ0) is 17.9. The second kappa shape index (κ2) is 7.31. The number of non-ortho nitro benzene ring substituents is 1. The number of fused-ring (bicyclic) bond motifs is 1. The van der Waals surface area contributed by atoms with Crippen molar-refractivity contribution in [2.75, 3.05) is 33.0 Å². The molecule has 2 aromatic rings. The normalized spacial score (nSPS) is 21.5. The van der Waals surface area contributed by atoms with Crippen LogP contribution in [-0.2, 0) is 13.1 Å². The fourth-order valence-corrected chi connectivity index (χ4v) is 3.67. The summed E-state index contributed by atoms with van der Waals surface area (Å²) >= 11 is 0. The molecule has 2 heterocycles. The molecular formula is C19H23N3O4+2. The summed E-state index contributed by atoms with van der Waals surface area (Å²) in [4.78, 5) is 13.5. The molecule has 2 aliphatic rings. The zero-order valence-corrected chi connectivity index (χ0v) is 14.6. The maximum Gasteiger partial charge on any atom is 0.269 e. The fraction of sp³-hybridized carbons (Fsp3) is 0.368. The van der Waals surface area contributed by atoms with Gasteiger partial charge in [0.25, 0.3) is 5.69 Å². The number of hydrogen-bond donors (Lipinski definition) is 2. The van der Waals surface area contributed by atoms with Crippen LogP contribution >= 0.6 is 0 Å². The molecule has 2 aromatic carbocycles. The highest BCUT2D eigenvalue weighted by molar-refractivity contribution is 5.44. The standard InChI is InChI=1S/C19H21N3O4/c23-22(24)17-4-1-15(2-5-17)12-20-7-9-21(10-8-20)13-16-3-6-18-19(11-16)26-14-25-18/h1-6,11H,7-10,12-14H2/p+2. The molecule has 7 nitrogen and oxygen atoms in total. The Morgan fingerprint density at radius 3 is 2.08 bits per heavy atom. The first kappa shape index (κ1) is 16.8. The largest absolute Gasteiger partial charge is 0.454 e. The van der Waals surface area contributed by atoms with Crippen molar-refractivity contribution in [3.63, 3.8) is 0 Å². The Labute approximate surface area is 151 Å². The monoisotopic (exact) mass is 357 g/mol. The maximum atomic E-state index is 10.7. The van der Waals surface area contributed by atoms with Crippen LogP contribution in [0.25, 0.3) is 0 Å². The van der Waals surface area contributed by atoms with E-state index in [9.17, 15) is 10.1 Å². The average molecular weight is 357 g/mol. The first-order valence-electron chi connectivity index (χ1n) is 8.96. The van der Waals surface area contributed by atoms with Gasteiger partial charge < -0.3 is 19.3 Å². The molecule has 0 saturated carbocycles. The summed E-state index contributed by atoms with van der Waals surface area (Å²) in [6.07, 6.45) is 0. The molecule has 2 N–H and O–H groups in total. The van der Waals surface area contributed by atoms with E-state index in [1.54, 1.807) is 17.0 Å². The zero-order valence-electron chi connectivity index (χ0n) is 14.6. The Hall–Kier alpha value is -2.64. The van der Waals surface area contributed by atoms with Crippen LogP contribution in [-0.4, -0.2) is 37.9 Å². The number of ether oxygens (including phenoxy) is 2. The van der Waals surface area contributed by atoms with Crippen molar-refractivity contribution in [2.24, 2.45) is 0 Å². The smallest absolute Gasteiger partial charge is 0.269 e. The van der Waals surface area contributed by atoms with Gasteiger partial charge in [0.1, 0.15) is 39.3 Å². The SMILES string of the molecule is O=[N+]([O-])c1ccc(C[NH+]2CC[NH+](Cc3ccc4c(c3)OCO4)CC2)cc1. The van der Waals surface area contributed by atoms with Crippen molar-refractivity contribution >= 4 is 5.69 Å². The Balaban J connectivity index is 1.28. The van der Waals surface area contributed by atoms with E-state index >= 15 is 0 Å². The van der Waals surface area contributed by atoms with Crippen LogP contribution in [0.3, 0.4) is 0 Å². The Morgan fingerprint density at radius 1 is 0.846 bits per heavy atom. The number of benzene rings is 2. The Bertz CT molecular complexity index is 786. The summed E-state index contributed by atoms with van der Waals surface area (Å²) in [5.41, 5.74) is 2.59. The van der Waals surface area contributed by atoms with Crippen molar-refractivity contribution in [2.45, 2.75) is 13.1 Å². The van der Waals surface area contributed by atoms with Crippen LogP contribution in [0.1, 0.15) is 11.1 Å². The minimum absolute atomic E-state index is 0.154. The van der Waals surface area contributed by atoms with E-state index in [1.807, 2.05) is 18.2 Å². The van der Waals surface area contributed by atoms with Crippen molar-refractivity contribution in [1.29, 1.82) is 0 Å². The summed E-state index contributed by atoms with van der Waals surface area (Å²) in [5, 5.41) is 10.7. The molecule has 0 atom stereocenters. The predicted octanol–water partition coefficient (Wildman–Crippen LogP) is -0.193. The van der Waals surface area contributed by atoms with Gasteiger partial charge in [0.05, 0.1) is 4.92 Å². The van der Waals surface area contributed by atoms with Crippen LogP contribution in [0.2, 0.25) is 0 Å². The van der Waals surface area contributed by atoms with E-state index in [4.69, 9.17) is 9.47 Å². The summed E-state index contributed by atoms with van der Waals surface area (Å²) in [7, 11) is 0. The number of nitrogens with zero attached hydrogens (tertiary/aromatic N) is 1. The molecule has 136 valence electrons. The van der Waals surface area contributed by atoms with Crippen molar-refractivity contribution in [1.82, 2.24) is 0 Å². The quantitative estimate of drug-likeness (QED) is 0.575. The van der Waals surface area contributed by atoms with E-state index in [-0.39, 0.29) is 10.6 Å². The summed E-state index contributed by atoms with van der Waals surface area (Å²) < 4.78 is 10.8. The minimum atomic E-state index is -0.352. The van der Waals surface area contributed by atoms with Gasteiger partial charge in [-0.3, -0.25) is 10.1 Å². The first-order valence-corrected chi connectivity index (χ1v) is 8.96. The van der Waals surface area contributed by atoms with Crippen LogP contribution < -0.4 is 19.3 Å². The highest BCUT2D eigenvalue weighted by Gasteiger charge is 2.24. The summed E-state index contributed by atoms with van der Waals surface area (Å²) in [6, 6.07) is 13.1. The highest BCUT2D eigenvalue weighted by atomic mass is 16.7. The molecule has 0 radical (unpaired) electrons. The lowest BCUT2D eigenvalue weighted by molar-refractivity contribution is -1.02. The number of nitrogens with one attached hydrogen (secondary N) is 2. The number of nitro groups is 1. The number of quaternary nitrogens is 2. The average Bonchev–Trinajstić information content (AvgIpc) is 3.12. The van der Waals surface area contributed by atoms with Gasteiger partial charge >= 0.3 is 0 Å². The third-order valence-corrected chi connectivity index (χ3v) is 5.16. The Kier molecular flexibility index (Phi) is 4.73. The van der Waals surface area contributed by atoms with Gasteiger partial charge in [-0.1, -0.05) is 0 Å². The minimum Gasteiger partial charge on any atom is -0.454 e. The second-order valence-electron chi connectivity index (χ2n) is 6.96. The summed E-state index contributed by atoms with van der Waals surface area (Å²) in [5.74, 6) is 1.69. The third kappa shape index (κ3) is 3.79. The molecule has 0 aliphatic carbocycles. The first-order chi connectivity index (χ1) is 12.7. The Morgan fingerprint density at radius 2 is 1.42 bits per heavy atom. The van der Waals surface area contributed by atoms with Crippen LogP contribution in [0.5, 0.6) is 11.5 Å². The van der Waals surface area contributed by atoms with Gasteiger partial charge in [0.15, 0.2) is 11.5 Å². The van der Waals surface area contributed by atoms with Crippen LogP contribution in [0.4, 0.5) is 5.69 Å². The molecule has 1 fully saturated rings. The van der Waals surface area contributed by atoms with Gasteiger partial charge in [-0.25, -0.2) is 0 Å². The number of piperazine rings is 1. The third-order valence-electron chi connectivity index (χ3n) is 5.16. The molecule has 0 amide bonds. The molecule has 2 aliphatic heterocycles. The molecule has 0 unspecified atom stereocenters. The molecule has 1 saturated heterocycles. The van der Waals surface area contributed by atoms with E-state index in [1.165, 1.54) is 10.5 Å². The fourth-order valence-electron chi connectivity index (χ4n) is 3.67. The van der Waals surface area contributed by atoms with Crippen LogP contribution in [0.15, 0.2) is 42.5 Å². The summed E-state index contributed by atoms with van der Waals surface area (Å²) in [6.45, 7) is 6.70. The van der Waals surface area contributed by atoms with E-state index < -0.39 is 0 Å².